The van der Waals surface area contributed by atoms with Crippen LogP contribution in [-0.4, -0.2) is 15.9 Å². The van der Waals surface area contributed by atoms with Crippen molar-refractivity contribution in [1.82, 2.24) is 9.97 Å². The lowest BCUT2D eigenvalue weighted by Gasteiger charge is -2.04. The summed E-state index contributed by atoms with van der Waals surface area (Å²) in [7, 11) is 0. The molecule has 128 valence electrons. The first-order valence-corrected chi connectivity index (χ1v) is 8.84. The van der Waals surface area contributed by atoms with Crippen molar-refractivity contribution in [3.8, 4) is 11.1 Å². The zero-order valence-corrected chi connectivity index (χ0v) is 14.5. The molecule has 1 N–H and O–H groups in total. The van der Waals surface area contributed by atoms with E-state index in [0.29, 0.717) is 15.3 Å². The Morgan fingerprint density at radius 1 is 1.00 bits per heavy atom. The third kappa shape index (κ3) is 3.60. The normalized spacial score (nSPS) is 10.8. The molecule has 0 atom stereocenters. The van der Waals surface area contributed by atoms with Gasteiger partial charge < -0.3 is 5.32 Å². The van der Waals surface area contributed by atoms with E-state index in [0.717, 1.165) is 16.7 Å². The summed E-state index contributed by atoms with van der Waals surface area (Å²) in [6.45, 7) is 0. The maximum atomic E-state index is 13.2. The highest BCUT2D eigenvalue weighted by atomic mass is 32.1. The largest absolute Gasteiger partial charge is 0.302 e. The molecule has 0 aliphatic carbocycles. The van der Waals surface area contributed by atoms with Gasteiger partial charge in [-0.2, -0.15) is 0 Å². The van der Waals surface area contributed by atoms with Gasteiger partial charge in [-0.05, 0) is 47.0 Å². The molecule has 0 aliphatic heterocycles. The Hall–Kier alpha value is -3.12. The number of amides is 1. The average Bonchev–Trinajstić information content (AvgIpc) is 3.04. The molecule has 2 heterocycles. The number of aromatic nitrogens is 2. The van der Waals surface area contributed by atoms with Crippen LogP contribution in [0.15, 0.2) is 67.0 Å². The van der Waals surface area contributed by atoms with Crippen LogP contribution in [0.1, 0.15) is 5.56 Å². The zero-order chi connectivity index (χ0) is 17.9. The second-order valence-electron chi connectivity index (χ2n) is 5.79. The van der Waals surface area contributed by atoms with Crippen molar-refractivity contribution >= 4 is 32.6 Å². The number of thiazole rings is 1. The Kier molecular flexibility index (Phi) is 4.41. The van der Waals surface area contributed by atoms with Crippen molar-refractivity contribution in [2.45, 2.75) is 6.42 Å². The van der Waals surface area contributed by atoms with Gasteiger partial charge in [-0.15, -0.1) is 0 Å². The summed E-state index contributed by atoms with van der Waals surface area (Å²) in [6.07, 6.45) is 3.75. The minimum Gasteiger partial charge on any atom is -0.302 e. The van der Waals surface area contributed by atoms with E-state index in [4.69, 9.17) is 0 Å². The van der Waals surface area contributed by atoms with E-state index in [1.807, 2.05) is 36.4 Å². The number of carbonyl (C=O) groups excluding carboxylic acids is 1. The van der Waals surface area contributed by atoms with E-state index in [1.54, 1.807) is 18.5 Å². The van der Waals surface area contributed by atoms with Gasteiger partial charge >= 0.3 is 0 Å². The van der Waals surface area contributed by atoms with Gasteiger partial charge in [0.15, 0.2) is 5.13 Å². The first kappa shape index (κ1) is 16.4. The number of hydrogen-bond acceptors (Lipinski definition) is 4. The number of carbonyl (C=O) groups is 1. The van der Waals surface area contributed by atoms with Crippen molar-refractivity contribution < 1.29 is 9.18 Å². The van der Waals surface area contributed by atoms with E-state index in [9.17, 15) is 9.18 Å². The van der Waals surface area contributed by atoms with E-state index in [1.165, 1.54) is 23.5 Å². The van der Waals surface area contributed by atoms with Gasteiger partial charge in [0.05, 0.1) is 16.6 Å². The molecule has 2 aromatic heterocycles. The van der Waals surface area contributed by atoms with Crippen molar-refractivity contribution in [2.24, 2.45) is 0 Å². The second kappa shape index (κ2) is 7.01. The van der Waals surface area contributed by atoms with Crippen LogP contribution in [0.2, 0.25) is 0 Å². The molecule has 2 aromatic carbocycles. The van der Waals surface area contributed by atoms with Crippen LogP contribution >= 0.6 is 11.3 Å². The molecule has 0 saturated carbocycles. The molecule has 0 fully saturated rings. The third-order valence-corrected chi connectivity index (χ3v) is 4.86. The molecule has 0 bridgehead atoms. The predicted molar refractivity (Wildman–Crippen MR) is 102 cm³/mol. The number of anilines is 1. The van der Waals surface area contributed by atoms with Crippen LogP contribution in [-0.2, 0) is 11.2 Å². The smallest absolute Gasteiger partial charge is 0.230 e. The van der Waals surface area contributed by atoms with Gasteiger partial charge in [0.1, 0.15) is 5.82 Å². The lowest BCUT2D eigenvalue weighted by Crippen LogP contribution is -2.14. The molecule has 0 unspecified atom stereocenters. The van der Waals surface area contributed by atoms with Crippen LogP contribution in [0.25, 0.3) is 21.3 Å². The molecule has 4 aromatic rings. The highest BCUT2D eigenvalue weighted by molar-refractivity contribution is 7.22. The molecule has 0 saturated heterocycles. The van der Waals surface area contributed by atoms with Crippen LogP contribution in [0.4, 0.5) is 9.52 Å². The lowest BCUT2D eigenvalue weighted by atomic mass is 10.0. The van der Waals surface area contributed by atoms with Gasteiger partial charge in [-0.3, -0.25) is 9.78 Å². The molecule has 0 aliphatic rings. The zero-order valence-electron chi connectivity index (χ0n) is 13.6. The summed E-state index contributed by atoms with van der Waals surface area (Å²) < 4.78 is 13.9. The Balaban J connectivity index is 1.44. The van der Waals surface area contributed by atoms with Gasteiger partial charge in [-0.1, -0.05) is 35.6 Å². The maximum Gasteiger partial charge on any atom is 0.230 e. The van der Waals surface area contributed by atoms with Crippen LogP contribution in [0.5, 0.6) is 0 Å². The fraction of sp³-hybridized carbons (Fsp3) is 0.0500. The Morgan fingerprint density at radius 2 is 1.73 bits per heavy atom. The van der Waals surface area contributed by atoms with Crippen LogP contribution < -0.4 is 5.32 Å². The minimum absolute atomic E-state index is 0.152. The van der Waals surface area contributed by atoms with Crippen LogP contribution in [0.3, 0.4) is 0 Å². The molecule has 1 amide bonds. The number of nitrogens with one attached hydrogen (secondary N) is 1. The number of benzene rings is 2. The van der Waals surface area contributed by atoms with E-state index >= 15 is 0 Å². The number of hydrogen-bond donors (Lipinski definition) is 1. The number of rotatable bonds is 4. The summed E-state index contributed by atoms with van der Waals surface area (Å²) in [5.41, 5.74) is 3.74. The van der Waals surface area contributed by atoms with Crippen molar-refractivity contribution in [1.29, 1.82) is 0 Å². The number of pyridine rings is 1. The van der Waals surface area contributed by atoms with Gasteiger partial charge in [0, 0.05) is 12.4 Å². The summed E-state index contributed by atoms with van der Waals surface area (Å²) in [6, 6.07) is 16.1. The average molecular weight is 363 g/mol. The molecule has 6 heteroatoms. The number of halogens is 1. The Morgan fingerprint density at radius 3 is 2.50 bits per heavy atom. The Bertz CT molecular complexity index is 1060. The molecule has 0 spiro atoms. The SMILES string of the molecule is O=C(Cc1ccc(-c2ccncc2)cc1)Nc1nc2ccc(F)cc2s1. The monoisotopic (exact) mass is 363 g/mol. The van der Waals surface area contributed by atoms with Crippen LogP contribution in [0, 0.1) is 5.82 Å². The quantitative estimate of drug-likeness (QED) is 0.573. The van der Waals surface area contributed by atoms with Gasteiger partial charge in [0.25, 0.3) is 0 Å². The third-order valence-electron chi connectivity index (χ3n) is 3.93. The predicted octanol–water partition coefficient (Wildman–Crippen LogP) is 4.68. The second-order valence-corrected chi connectivity index (χ2v) is 6.82. The fourth-order valence-corrected chi connectivity index (χ4v) is 3.57. The van der Waals surface area contributed by atoms with Crippen molar-refractivity contribution in [3.63, 3.8) is 0 Å². The topological polar surface area (TPSA) is 54.9 Å². The fourth-order valence-electron chi connectivity index (χ4n) is 2.66. The molecule has 4 rings (SSSR count). The van der Waals surface area contributed by atoms with Gasteiger partial charge in [0.2, 0.25) is 5.91 Å². The minimum atomic E-state index is -0.312. The molecule has 4 nitrogen and oxygen atoms in total. The summed E-state index contributed by atoms with van der Waals surface area (Å²) in [5, 5.41) is 3.26. The molecule has 0 radical (unpaired) electrons. The van der Waals surface area contributed by atoms with Gasteiger partial charge in [-0.25, -0.2) is 9.37 Å². The van der Waals surface area contributed by atoms with E-state index < -0.39 is 0 Å². The van der Waals surface area contributed by atoms with E-state index in [2.05, 4.69) is 15.3 Å². The first-order chi connectivity index (χ1) is 12.7. The van der Waals surface area contributed by atoms with Crippen molar-refractivity contribution in [2.75, 3.05) is 5.32 Å². The highest BCUT2D eigenvalue weighted by Gasteiger charge is 2.09. The number of nitrogens with zero attached hydrogens (tertiary/aromatic N) is 2. The molecule has 26 heavy (non-hydrogen) atoms. The molecular weight excluding hydrogens is 349 g/mol. The first-order valence-electron chi connectivity index (χ1n) is 8.03. The Labute approximate surface area is 153 Å². The summed E-state index contributed by atoms with van der Waals surface area (Å²) in [4.78, 5) is 20.6. The standard InChI is InChI=1S/C20H14FN3OS/c21-16-5-6-17-18(12-16)26-20(23-17)24-19(25)11-13-1-3-14(4-2-13)15-7-9-22-10-8-15/h1-10,12H,11H2,(H,23,24,25). The molecular formula is C20H14FN3OS. The van der Waals surface area contributed by atoms with Crippen molar-refractivity contribution in [3.05, 3.63) is 78.4 Å². The lowest BCUT2D eigenvalue weighted by molar-refractivity contribution is -0.115. The maximum absolute atomic E-state index is 13.2. The summed E-state index contributed by atoms with van der Waals surface area (Å²) >= 11 is 1.26. The van der Waals surface area contributed by atoms with E-state index in [-0.39, 0.29) is 18.1 Å². The summed E-state index contributed by atoms with van der Waals surface area (Å²) in [5.74, 6) is -0.463. The highest BCUT2D eigenvalue weighted by Crippen LogP contribution is 2.26. The number of fused-ring (bicyclic) bond motifs is 1.